The van der Waals surface area contributed by atoms with Crippen molar-refractivity contribution >= 4 is 17.2 Å². The molecule has 1 aromatic heterocycles. The molecule has 1 fully saturated rings. The lowest BCUT2D eigenvalue weighted by atomic mass is 9.76. The molecule has 1 saturated heterocycles. The summed E-state index contributed by atoms with van der Waals surface area (Å²) in [5, 5.41) is 5.20. The Bertz CT molecular complexity index is 795. The summed E-state index contributed by atoms with van der Waals surface area (Å²) in [6.45, 7) is 7.15. The highest BCUT2D eigenvalue weighted by Gasteiger charge is 2.43. The standard InChI is InChI=1S/C23H30N2O2S/c1-17(2)24-22(26)14-18-15-23(27-21-8-4-3-7-20(18)21)9-11-25(12-10-23)16-19-6-5-13-28-19/h3-8,13,17-18H,9-12,14-16H2,1-2H3,(H,24,26)/t18-/m1/s1. The van der Waals surface area contributed by atoms with Crippen LogP contribution in [-0.2, 0) is 11.3 Å². The maximum absolute atomic E-state index is 12.5. The van der Waals surface area contributed by atoms with E-state index in [1.165, 1.54) is 10.4 Å². The van der Waals surface area contributed by atoms with Crippen molar-refractivity contribution in [3.63, 3.8) is 0 Å². The number of ether oxygens (including phenoxy) is 1. The number of para-hydroxylation sites is 1. The Morgan fingerprint density at radius 1 is 1.25 bits per heavy atom. The summed E-state index contributed by atoms with van der Waals surface area (Å²) in [4.78, 5) is 16.4. The van der Waals surface area contributed by atoms with Crippen LogP contribution in [0.25, 0.3) is 0 Å². The molecule has 0 radical (unpaired) electrons. The van der Waals surface area contributed by atoms with Gasteiger partial charge in [-0.05, 0) is 56.2 Å². The SMILES string of the molecule is CC(C)NC(=O)C[C@@H]1CC2(CCN(Cc3cccs3)CC2)Oc2ccccc21. The molecular weight excluding hydrogens is 368 g/mol. The number of amides is 1. The first-order valence-corrected chi connectivity index (χ1v) is 11.2. The van der Waals surface area contributed by atoms with Crippen molar-refractivity contribution in [1.82, 2.24) is 10.2 Å². The van der Waals surface area contributed by atoms with E-state index in [1.807, 2.05) is 31.3 Å². The van der Waals surface area contributed by atoms with Gasteiger partial charge in [0.2, 0.25) is 5.91 Å². The maximum atomic E-state index is 12.5. The van der Waals surface area contributed by atoms with Crippen molar-refractivity contribution in [3.05, 3.63) is 52.2 Å². The maximum Gasteiger partial charge on any atom is 0.220 e. The van der Waals surface area contributed by atoms with Crippen molar-refractivity contribution in [1.29, 1.82) is 0 Å². The number of nitrogens with one attached hydrogen (secondary N) is 1. The number of fused-ring (bicyclic) bond motifs is 1. The fraction of sp³-hybridized carbons (Fsp3) is 0.522. The molecule has 0 unspecified atom stereocenters. The normalized spacial score (nSPS) is 21.3. The molecule has 3 heterocycles. The third-order valence-corrected chi connectivity index (χ3v) is 6.77. The molecule has 28 heavy (non-hydrogen) atoms. The molecule has 1 amide bonds. The van der Waals surface area contributed by atoms with Gasteiger partial charge in [0.1, 0.15) is 11.4 Å². The molecular formula is C23H30N2O2S. The van der Waals surface area contributed by atoms with Crippen molar-refractivity contribution in [2.45, 2.75) is 63.6 Å². The Labute approximate surface area is 171 Å². The van der Waals surface area contributed by atoms with E-state index in [0.29, 0.717) is 6.42 Å². The van der Waals surface area contributed by atoms with Crippen LogP contribution in [0.15, 0.2) is 41.8 Å². The van der Waals surface area contributed by atoms with Crippen LogP contribution in [0.3, 0.4) is 0 Å². The van der Waals surface area contributed by atoms with Crippen molar-refractivity contribution in [2.24, 2.45) is 0 Å². The quantitative estimate of drug-likeness (QED) is 0.802. The second-order valence-electron chi connectivity index (χ2n) is 8.51. The molecule has 1 atom stereocenters. The molecule has 1 spiro atoms. The van der Waals surface area contributed by atoms with E-state index in [9.17, 15) is 4.79 Å². The van der Waals surface area contributed by atoms with Crippen LogP contribution in [0.4, 0.5) is 0 Å². The van der Waals surface area contributed by atoms with E-state index in [-0.39, 0.29) is 23.5 Å². The molecule has 0 aliphatic carbocycles. The summed E-state index contributed by atoms with van der Waals surface area (Å²) in [6, 6.07) is 12.8. The first kappa shape index (κ1) is 19.5. The molecule has 5 heteroatoms. The van der Waals surface area contributed by atoms with E-state index in [1.54, 1.807) is 0 Å². The van der Waals surface area contributed by atoms with Crippen molar-refractivity contribution in [3.8, 4) is 5.75 Å². The first-order chi connectivity index (χ1) is 13.5. The Hall–Kier alpha value is -1.85. The minimum atomic E-state index is -0.136. The number of nitrogens with zero attached hydrogens (tertiary/aromatic N) is 1. The number of carbonyl (C=O) groups is 1. The molecule has 0 bridgehead atoms. The Morgan fingerprint density at radius 3 is 2.75 bits per heavy atom. The zero-order chi connectivity index (χ0) is 19.6. The van der Waals surface area contributed by atoms with Gasteiger partial charge < -0.3 is 10.1 Å². The monoisotopic (exact) mass is 398 g/mol. The summed E-state index contributed by atoms with van der Waals surface area (Å²) in [6.07, 6.45) is 3.52. The zero-order valence-corrected chi connectivity index (χ0v) is 17.6. The third-order valence-electron chi connectivity index (χ3n) is 5.91. The summed E-state index contributed by atoms with van der Waals surface area (Å²) in [5.41, 5.74) is 1.05. The molecule has 1 aromatic carbocycles. The number of piperidine rings is 1. The fourth-order valence-electron chi connectivity index (χ4n) is 4.58. The molecule has 2 aromatic rings. The number of hydrogen-bond acceptors (Lipinski definition) is 4. The summed E-state index contributed by atoms with van der Waals surface area (Å²) in [7, 11) is 0. The second-order valence-corrected chi connectivity index (χ2v) is 9.54. The van der Waals surface area contributed by atoms with Crippen LogP contribution in [0.5, 0.6) is 5.75 Å². The van der Waals surface area contributed by atoms with Gasteiger partial charge >= 0.3 is 0 Å². The summed E-state index contributed by atoms with van der Waals surface area (Å²) >= 11 is 1.83. The average Bonchev–Trinajstić information content (AvgIpc) is 3.16. The van der Waals surface area contributed by atoms with Crippen molar-refractivity contribution < 1.29 is 9.53 Å². The van der Waals surface area contributed by atoms with Crippen LogP contribution >= 0.6 is 11.3 Å². The van der Waals surface area contributed by atoms with Gasteiger partial charge in [-0.2, -0.15) is 0 Å². The van der Waals surface area contributed by atoms with Gasteiger partial charge in [0.05, 0.1) is 0 Å². The van der Waals surface area contributed by atoms with Gasteiger partial charge in [-0.1, -0.05) is 24.3 Å². The lowest BCUT2D eigenvalue weighted by Gasteiger charge is -2.47. The number of thiophene rings is 1. The molecule has 2 aliphatic rings. The largest absolute Gasteiger partial charge is 0.487 e. The van der Waals surface area contributed by atoms with E-state index in [2.05, 4.69) is 45.9 Å². The first-order valence-electron chi connectivity index (χ1n) is 10.3. The fourth-order valence-corrected chi connectivity index (χ4v) is 5.33. The summed E-state index contributed by atoms with van der Waals surface area (Å²) in [5.74, 6) is 1.34. The number of hydrogen-bond donors (Lipinski definition) is 1. The average molecular weight is 399 g/mol. The number of likely N-dealkylation sites (tertiary alicyclic amines) is 1. The van der Waals surface area contributed by atoms with Crippen LogP contribution < -0.4 is 10.1 Å². The van der Waals surface area contributed by atoms with E-state index in [4.69, 9.17) is 4.74 Å². The van der Waals surface area contributed by atoms with Gasteiger partial charge in [0.25, 0.3) is 0 Å². The second kappa shape index (κ2) is 8.26. The van der Waals surface area contributed by atoms with Gasteiger partial charge in [-0.15, -0.1) is 11.3 Å². The lowest BCUT2D eigenvalue weighted by molar-refractivity contribution is -0.122. The van der Waals surface area contributed by atoms with E-state index in [0.717, 1.165) is 44.6 Å². The van der Waals surface area contributed by atoms with Gasteiger partial charge in [-0.3, -0.25) is 9.69 Å². The third kappa shape index (κ3) is 4.41. The Morgan fingerprint density at radius 2 is 2.04 bits per heavy atom. The lowest BCUT2D eigenvalue weighted by Crippen LogP contribution is -2.50. The number of rotatable bonds is 5. The minimum Gasteiger partial charge on any atom is -0.487 e. The van der Waals surface area contributed by atoms with Crippen LogP contribution in [0.2, 0.25) is 0 Å². The van der Waals surface area contributed by atoms with Gasteiger partial charge in [0.15, 0.2) is 0 Å². The summed E-state index contributed by atoms with van der Waals surface area (Å²) < 4.78 is 6.58. The van der Waals surface area contributed by atoms with Crippen LogP contribution in [0, 0.1) is 0 Å². The Kier molecular flexibility index (Phi) is 5.74. The van der Waals surface area contributed by atoms with Gasteiger partial charge in [0, 0.05) is 42.9 Å². The smallest absolute Gasteiger partial charge is 0.220 e. The highest BCUT2D eigenvalue weighted by Crippen LogP contribution is 2.46. The van der Waals surface area contributed by atoms with E-state index < -0.39 is 0 Å². The van der Waals surface area contributed by atoms with Gasteiger partial charge in [-0.25, -0.2) is 0 Å². The van der Waals surface area contributed by atoms with Crippen molar-refractivity contribution in [2.75, 3.05) is 13.1 Å². The van der Waals surface area contributed by atoms with E-state index >= 15 is 0 Å². The molecule has 0 saturated carbocycles. The number of benzene rings is 1. The topological polar surface area (TPSA) is 41.6 Å². The molecule has 4 rings (SSSR count). The predicted molar refractivity (Wildman–Crippen MR) is 114 cm³/mol. The number of carbonyl (C=O) groups excluding carboxylic acids is 1. The molecule has 4 nitrogen and oxygen atoms in total. The molecule has 1 N–H and O–H groups in total. The zero-order valence-electron chi connectivity index (χ0n) is 16.8. The Balaban J connectivity index is 1.46. The van der Waals surface area contributed by atoms with Crippen LogP contribution in [0.1, 0.15) is 55.9 Å². The predicted octanol–water partition coefficient (Wildman–Crippen LogP) is 4.56. The highest BCUT2D eigenvalue weighted by atomic mass is 32.1. The molecule has 150 valence electrons. The minimum absolute atomic E-state index is 0.136. The molecule has 2 aliphatic heterocycles. The highest BCUT2D eigenvalue weighted by molar-refractivity contribution is 7.09. The van der Waals surface area contributed by atoms with Crippen LogP contribution in [-0.4, -0.2) is 35.5 Å².